The van der Waals surface area contributed by atoms with Crippen LogP contribution in [-0.4, -0.2) is 29.1 Å². The van der Waals surface area contributed by atoms with Crippen molar-refractivity contribution in [3.05, 3.63) is 65.9 Å². The molecule has 31 heavy (non-hydrogen) atoms. The molecular formula is C24H27N5O2. The molecule has 2 aromatic carbocycles. The number of aromatic nitrogens is 2. The Morgan fingerprint density at radius 1 is 0.871 bits per heavy atom. The van der Waals surface area contributed by atoms with Crippen LogP contribution < -0.4 is 16.0 Å². The van der Waals surface area contributed by atoms with Crippen LogP contribution in [0.25, 0.3) is 0 Å². The number of ether oxygens (including phenoxy) is 1. The van der Waals surface area contributed by atoms with Crippen LogP contribution in [0.1, 0.15) is 24.1 Å². The van der Waals surface area contributed by atoms with E-state index in [1.165, 1.54) is 5.56 Å². The topological polar surface area (TPSA) is 88.2 Å². The standard InChI is InChI=1S/C24H27N5O2/c1-16-3-5-21(6-4-16)28-24-25-17(2)15-22(29-24)26-19-7-9-20(10-8-19)27-23(30)18-11-13-31-14-12-18/h3-10,15,18H,11-14H2,1-2H3,(H,27,30)(H2,25,26,28,29). The molecule has 0 unspecified atom stereocenters. The first-order chi connectivity index (χ1) is 15.0. The van der Waals surface area contributed by atoms with E-state index in [1.807, 2.05) is 61.5 Å². The number of nitrogens with zero attached hydrogens (tertiary/aromatic N) is 2. The van der Waals surface area contributed by atoms with Crippen LogP contribution in [-0.2, 0) is 9.53 Å². The zero-order valence-electron chi connectivity index (χ0n) is 17.8. The molecule has 1 aliphatic rings. The fourth-order valence-electron chi connectivity index (χ4n) is 3.44. The van der Waals surface area contributed by atoms with Crippen molar-refractivity contribution < 1.29 is 9.53 Å². The molecule has 0 aliphatic carbocycles. The monoisotopic (exact) mass is 417 g/mol. The molecule has 1 amide bonds. The lowest BCUT2D eigenvalue weighted by Crippen LogP contribution is -2.28. The van der Waals surface area contributed by atoms with E-state index in [0.29, 0.717) is 25.0 Å². The average molecular weight is 418 g/mol. The number of rotatable bonds is 6. The second kappa shape index (κ2) is 9.57. The number of amides is 1. The predicted octanol–water partition coefficient (Wildman–Crippen LogP) is 4.95. The van der Waals surface area contributed by atoms with Crippen LogP contribution >= 0.6 is 0 Å². The van der Waals surface area contributed by atoms with Gasteiger partial charge in [-0.1, -0.05) is 17.7 Å². The third-order valence-electron chi connectivity index (χ3n) is 5.18. The Morgan fingerprint density at radius 3 is 2.19 bits per heavy atom. The van der Waals surface area contributed by atoms with Crippen molar-refractivity contribution in [2.45, 2.75) is 26.7 Å². The van der Waals surface area contributed by atoms with Crippen molar-refractivity contribution in [3.8, 4) is 0 Å². The lowest BCUT2D eigenvalue weighted by atomic mass is 9.99. The molecule has 1 saturated heterocycles. The number of carbonyl (C=O) groups excluding carboxylic acids is 1. The zero-order chi connectivity index (χ0) is 21.6. The van der Waals surface area contributed by atoms with Crippen molar-refractivity contribution >= 4 is 34.7 Å². The molecule has 7 heteroatoms. The summed E-state index contributed by atoms with van der Waals surface area (Å²) < 4.78 is 5.32. The van der Waals surface area contributed by atoms with E-state index in [9.17, 15) is 4.79 Å². The lowest BCUT2D eigenvalue weighted by molar-refractivity contribution is -0.122. The molecule has 4 rings (SSSR count). The van der Waals surface area contributed by atoms with E-state index in [0.717, 1.165) is 35.6 Å². The summed E-state index contributed by atoms with van der Waals surface area (Å²) in [7, 11) is 0. The van der Waals surface area contributed by atoms with Gasteiger partial charge in [-0.25, -0.2) is 4.98 Å². The van der Waals surface area contributed by atoms with E-state index in [2.05, 4.69) is 32.8 Å². The maximum atomic E-state index is 12.4. The van der Waals surface area contributed by atoms with Gasteiger partial charge in [0.25, 0.3) is 0 Å². The van der Waals surface area contributed by atoms with Gasteiger partial charge in [0, 0.05) is 48.0 Å². The summed E-state index contributed by atoms with van der Waals surface area (Å²) in [6.45, 7) is 5.29. The summed E-state index contributed by atoms with van der Waals surface area (Å²) in [4.78, 5) is 21.4. The van der Waals surface area contributed by atoms with Gasteiger partial charge in [-0.2, -0.15) is 4.98 Å². The third-order valence-corrected chi connectivity index (χ3v) is 5.18. The quantitative estimate of drug-likeness (QED) is 0.526. The van der Waals surface area contributed by atoms with Gasteiger partial charge in [-0.15, -0.1) is 0 Å². The Bertz CT molecular complexity index is 1030. The fourth-order valence-corrected chi connectivity index (χ4v) is 3.44. The first kappa shape index (κ1) is 20.8. The molecule has 3 N–H and O–H groups in total. The number of anilines is 5. The summed E-state index contributed by atoms with van der Waals surface area (Å²) in [6.07, 6.45) is 1.55. The minimum atomic E-state index is 0.0231. The van der Waals surface area contributed by atoms with Crippen LogP contribution in [0.15, 0.2) is 54.6 Å². The largest absolute Gasteiger partial charge is 0.381 e. The van der Waals surface area contributed by atoms with Gasteiger partial charge >= 0.3 is 0 Å². The molecule has 3 aromatic rings. The summed E-state index contributed by atoms with van der Waals surface area (Å²) in [5.41, 5.74) is 4.65. The van der Waals surface area contributed by atoms with Gasteiger partial charge in [0.05, 0.1) is 0 Å². The van der Waals surface area contributed by atoms with E-state index < -0.39 is 0 Å². The maximum Gasteiger partial charge on any atom is 0.229 e. The first-order valence-corrected chi connectivity index (χ1v) is 10.5. The lowest BCUT2D eigenvalue weighted by Gasteiger charge is -2.21. The number of carbonyl (C=O) groups is 1. The average Bonchev–Trinajstić information content (AvgIpc) is 2.77. The van der Waals surface area contributed by atoms with Crippen LogP contribution in [0.2, 0.25) is 0 Å². The van der Waals surface area contributed by atoms with E-state index in [1.54, 1.807) is 0 Å². The Kier molecular flexibility index (Phi) is 6.43. The molecule has 0 saturated carbocycles. The van der Waals surface area contributed by atoms with Crippen molar-refractivity contribution in [3.63, 3.8) is 0 Å². The fraction of sp³-hybridized carbons (Fsp3) is 0.292. The Hall–Kier alpha value is -3.45. The van der Waals surface area contributed by atoms with Gasteiger partial charge < -0.3 is 20.7 Å². The number of nitrogens with one attached hydrogen (secondary N) is 3. The smallest absolute Gasteiger partial charge is 0.229 e. The highest BCUT2D eigenvalue weighted by atomic mass is 16.5. The maximum absolute atomic E-state index is 12.4. The summed E-state index contributed by atoms with van der Waals surface area (Å²) >= 11 is 0. The number of benzene rings is 2. The normalized spacial score (nSPS) is 14.1. The minimum Gasteiger partial charge on any atom is -0.381 e. The number of hydrogen-bond donors (Lipinski definition) is 3. The first-order valence-electron chi connectivity index (χ1n) is 10.5. The van der Waals surface area contributed by atoms with Crippen molar-refractivity contribution in [1.82, 2.24) is 9.97 Å². The van der Waals surface area contributed by atoms with Gasteiger partial charge in [-0.05, 0) is 63.1 Å². The van der Waals surface area contributed by atoms with E-state index in [4.69, 9.17) is 4.74 Å². The van der Waals surface area contributed by atoms with E-state index in [-0.39, 0.29) is 11.8 Å². The Labute approximate surface area is 182 Å². The van der Waals surface area contributed by atoms with Crippen molar-refractivity contribution in [2.24, 2.45) is 5.92 Å². The third kappa shape index (κ3) is 5.79. The van der Waals surface area contributed by atoms with Gasteiger partial charge in [-0.3, -0.25) is 4.79 Å². The highest BCUT2D eigenvalue weighted by molar-refractivity contribution is 5.92. The molecule has 7 nitrogen and oxygen atoms in total. The Morgan fingerprint density at radius 2 is 1.48 bits per heavy atom. The highest BCUT2D eigenvalue weighted by Gasteiger charge is 2.21. The number of aryl methyl sites for hydroxylation is 2. The summed E-state index contributed by atoms with van der Waals surface area (Å²) in [5, 5.41) is 9.54. The Balaban J connectivity index is 1.39. The molecule has 0 atom stereocenters. The SMILES string of the molecule is Cc1ccc(Nc2nc(C)cc(Nc3ccc(NC(=O)C4CCOCC4)cc3)n2)cc1. The van der Waals surface area contributed by atoms with Crippen molar-refractivity contribution in [1.29, 1.82) is 0 Å². The zero-order valence-corrected chi connectivity index (χ0v) is 17.8. The highest BCUT2D eigenvalue weighted by Crippen LogP contribution is 2.22. The minimum absolute atomic E-state index is 0.0231. The van der Waals surface area contributed by atoms with Crippen LogP contribution in [0, 0.1) is 19.8 Å². The molecule has 0 bridgehead atoms. The second-order valence-corrected chi connectivity index (χ2v) is 7.79. The van der Waals surface area contributed by atoms with Crippen molar-refractivity contribution in [2.75, 3.05) is 29.2 Å². The second-order valence-electron chi connectivity index (χ2n) is 7.79. The predicted molar refractivity (Wildman–Crippen MR) is 123 cm³/mol. The van der Waals surface area contributed by atoms with E-state index >= 15 is 0 Å². The molecule has 2 heterocycles. The van der Waals surface area contributed by atoms with Gasteiger partial charge in [0.1, 0.15) is 5.82 Å². The van der Waals surface area contributed by atoms with Crippen LogP contribution in [0.4, 0.5) is 28.8 Å². The van der Waals surface area contributed by atoms with Crippen LogP contribution in [0.5, 0.6) is 0 Å². The van der Waals surface area contributed by atoms with Gasteiger partial charge in [0.2, 0.25) is 11.9 Å². The molecule has 1 aromatic heterocycles. The molecule has 1 fully saturated rings. The molecular weight excluding hydrogens is 390 g/mol. The molecule has 1 aliphatic heterocycles. The number of hydrogen-bond acceptors (Lipinski definition) is 6. The van der Waals surface area contributed by atoms with Gasteiger partial charge in [0.15, 0.2) is 0 Å². The molecule has 160 valence electrons. The molecule has 0 spiro atoms. The van der Waals surface area contributed by atoms with Crippen LogP contribution in [0.3, 0.4) is 0 Å². The molecule has 0 radical (unpaired) electrons. The summed E-state index contributed by atoms with van der Waals surface area (Å²) in [5.74, 6) is 1.31. The summed E-state index contributed by atoms with van der Waals surface area (Å²) in [6, 6.07) is 17.6.